The van der Waals surface area contributed by atoms with Crippen LogP contribution in [0.3, 0.4) is 0 Å². The van der Waals surface area contributed by atoms with Crippen molar-refractivity contribution in [2.75, 3.05) is 0 Å². The first-order valence-corrected chi connectivity index (χ1v) is 17.0. The Labute approximate surface area is 328 Å². The summed E-state index contributed by atoms with van der Waals surface area (Å²) in [5.74, 6) is 0. The second kappa shape index (κ2) is 11.8. The molecule has 11 aromatic rings. The van der Waals surface area contributed by atoms with Gasteiger partial charge < -0.3 is 4.42 Å². The van der Waals surface area contributed by atoms with Crippen molar-refractivity contribution in [3.8, 4) is 44.5 Å². The lowest BCUT2D eigenvalue weighted by atomic mass is 9.81. The summed E-state index contributed by atoms with van der Waals surface area (Å²) in [6, 6.07) is 22.1. The zero-order chi connectivity index (χ0) is 47.9. The molecule has 246 valence electrons. The molecule has 0 aliphatic heterocycles. The maximum atomic E-state index is 9.69. The lowest BCUT2D eigenvalue weighted by Crippen LogP contribution is -1.94. The SMILES string of the molecule is [2H]c1c([2H])c([2H])c2c(-c3ccc4ccccc4c3-c3c4c([2H])c([2H])c([2H])c([2H])c4c(-c4ccc(-c5cccc6oc7ccccc7c56)cc4)c4c([2H])c([2H])c([2H])c([2H])c34)c([2H])c([2H])c([2H])c2c1[2H]. The molecule has 0 saturated carbocycles. The van der Waals surface area contributed by atoms with Crippen LogP contribution in [-0.2, 0) is 0 Å². The lowest BCUT2D eigenvalue weighted by molar-refractivity contribution is 0.669. The van der Waals surface area contributed by atoms with Crippen molar-refractivity contribution in [2.45, 2.75) is 0 Å². The smallest absolute Gasteiger partial charge is 0.136 e. The van der Waals surface area contributed by atoms with Crippen molar-refractivity contribution in [1.82, 2.24) is 0 Å². The third-order valence-corrected chi connectivity index (χ3v) is 10.0. The number of benzene rings is 10. The molecule has 0 spiro atoms. The van der Waals surface area contributed by atoms with E-state index < -0.39 is 90.6 Å². The summed E-state index contributed by atoms with van der Waals surface area (Å²) in [5, 5.41) is 1.91. The highest BCUT2D eigenvalue weighted by molar-refractivity contribution is 6.26. The maximum Gasteiger partial charge on any atom is 0.136 e. The highest BCUT2D eigenvalue weighted by Gasteiger charge is 2.22. The van der Waals surface area contributed by atoms with E-state index in [1.807, 2.05) is 54.6 Å². The van der Waals surface area contributed by atoms with Gasteiger partial charge in [-0.15, -0.1) is 0 Å². The van der Waals surface area contributed by atoms with Crippen LogP contribution in [0.1, 0.15) is 20.6 Å². The Morgan fingerprint density at radius 1 is 0.321 bits per heavy atom. The van der Waals surface area contributed by atoms with Gasteiger partial charge in [0.15, 0.2) is 0 Å². The van der Waals surface area contributed by atoms with Crippen LogP contribution in [0.25, 0.3) is 110 Å². The van der Waals surface area contributed by atoms with Crippen LogP contribution in [-0.4, -0.2) is 0 Å². The average Bonchev–Trinajstić information content (AvgIpc) is 3.74. The van der Waals surface area contributed by atoms with E-state index in [0.717, 1.165) is 21.9 Å². The van der Waals surface area contributed by atoms with Crippen LogP contribution >= 0.6 is 0 Å². The molecule has 0 amide bonds. The van der Waals surface area contributed by atoms with E-state index in [-0.39, 0.29) is 60.1 Å². The molecule has 0 unspecified atom stereocenters. The summed E-state index contributed by atoms with van der Waals surface area (Å²) in [5.41, 5.74) is 3.51. The molecule has 0 bridgehead atoms. The summed E-state index contributed by atoms with van der Waals surface area (Å²) < 4.78 is 143. The number of furan rings is 1. The van der Waals surface area contributed by atoms with Gasteiger partial charge >= 0.3 is 0 Å². The number of para-hydroxylation sites is 1. The molecule has 1 heterocycles. The topological polar surface area (TPSA) is 13.1 Å². The van der Waals surface area contributed by atoms with Crippen molar-refractivity contribution in [2.24, 2.45) is 0 Å². The first-order valence-electron chi connectivity index (χ1n) is 24.5. The van der Waals surface area contributed by atoms with E-state index >= 15 is 0 Å². The lowest BCUT2D eigenvalue weighted by Gasteiger charge is -2.22. The molecule has 0 aliphatic rings. The third kappa shape index (κ3) is 4.58. The van der Waals surface area contributed by atoms with Crippen molar-refractivity contribution < 1.29 is 25.0 Å². The molecule has 10 aromatic carbocycles. The molecule has 0 aliphatic carbocycles. The average molecular weight is 688 g/mol. The largest absolute Gasteiger partial charge is 0.456 e. The highest BCUT2D eigenvalue weighted by Crippen LogP contribution is 2.49. The van der Waals surface area contributed by atoms with Crippen LogP contribution in [0, 0.1) is 0 Å². The van der Waals surface area contributed by atoms with Crippen molar-refractivity contribution in [1.29, 1.82) is 0 Å². The summed E-state index contributed by atoms with van der Waals surface area (Å²) >= 11 is 0. The Balaban J connectivity index is 1.34. The molecule has 53 heavy (non-hydrogen) atoms. The zero-order valence-electron chi connectivity index (χ0n) is 42.7. The number of hydrogen-bond acceptors (Lipinski definition) is 1. The van der Waals surface area contributed by atoms with Gasteiger partial charge in [-0.3, -0.25) is 0 Å². The van der Waals surface area contributed by atoms with Crippen molar-refractivity contribution in [3.05, 3.63) is 194 Å². The Morgan fingerprint density at radius 2 is 0.925 bits per heavy atom. The molecule has 0 atom stereocenters. The van der Waals surface area contributed by atoms with Gasteiger partial charge in [0, 0.05) is 10.8 Å². The van der Waals surface area contributed by atoms with Gasteiger partial charge in [0.25, 0.3) is 0 Å². The van der Waals surface area contributed by atoms with Crippen molar-refractivity contribution >= 4 is 65.0 Å². The minimum atomic E-state index is -0.646. The molecular formula is C52H32O. The Bertz CT molecular complexity index is 4000. The van der Waals surface area contributed by atoms with Gasteiger partial charge in [0.2, 0.25) is 0 Å². The molecule has 0 saturated heterocycles. The van der Waals surface area contributed by atoms with Crippen LogP contribution in [0.2, 0.25) is 0 Å². The first-order chi connectivity index (χ1) is 32.5. The fourth-order valence-corrected chi connectivity index (χ4v) is 7.76. The minimum absolute atomic E-state index is 0.0467. The monoisotopic (exact) mass is 687 g/mol. The van der Waals surface area contributed by atoms with Gasteiger partial charge in [-0.05, 0) is 99.7 Å². The summed E-state index contributed by atoms with van der Waals surface area (Å²) in [4.78, 5) is 0. The molecule has 11 rings (SSSR count). The maximum absolute atomic E-state index is 9.69. The van der Waals surface area contributed by atoms with E-state index in [1.54, 1.807) is 48.5 Å². The van der Waals surface area contributed by atoms with E-state index in [9.17, 15) is 6.85 Å². The standard InChI is InChI=1S/C52H32O/c1-3-16-37-33(13-1)15-11-24-40(37)45-32-31-34-14-2-4-17-39(34)51(45)52-43-20-7-5-18-41(43)49(42-19-6-8-21-44(42)52)36-29-27-35(28-30-36)38-23-12-26-48-50(38)46-22-9-10-25-47(46)53-48/h1-32H/i1D,3D,5D,6D,7D,8D,11D,13D,15D,16D,18D,19D,20D,21D,24D. The minimum Gasteiger partial charge on any atom is -0.456 e. The predicted molar refractivity (Wildman–Crippen MR) is 225 cm³/mol. The fraction of sp³-hybridized carbons (Fsp3) is 0. The Morgan fingerprint density at radius 3 is 1.70 bits per heavy atom. The number of hydrogen-bond donors (Lipinski definition) is 0. The Kier molecular flexibility index (Phi) is 4.12. The molecule has 1 nitrogen and oxygen atoms in total. The number of fused-ring (bicyclic) bond motifs is 7. The summed E-state index contributed by atoms with van der Waals surface area (Å²) in [6.07, 6.45) is 0. The van der Waals surface area contributed by atoms with E-state index in [4.69, 9.17) is 18.1 Å². The van der Waals surface area contributed by atoms with Crippen LogP contribution in [0.5, 0.6) is 0 Å². The van der Waals surface area contributed by atoms with Crippen LogP contribution < -0.4 is 0 Å². The quantitative estimate of drug-likeness (QED) is 0.168. The molecule has 0 radical (unpaired) electrons. The normalized spacial score (nSPS) is 15.7. The summed E-state index contributed by atoms with van der Waals surface area (Å²) in [6.45, 7) is 0. The van der Waals surface area contributed by atoms with Gasteiger partial charge in [-0.2, -0.15) is 0 Å². The number of rotatable bonds is 4. The van der Waals surface area contributed by atoms with E-state index in [0.29, 0.717) is 27.5 Å². The van der Waals surface area contributed by atoms with Crippen LogP contribution in [0.15, 0.2) is 198 Å². The van der Waals surface area contributed by atoms with Gasteiger partial charge in [-0.1, -0.05) is 182 Å². The van der Waals surface area contributed by atoms with Gasteiger partial charge in [0.1, 0.15) is 11.2 Å². The summed E-state index contributed by atoms with van der Waals surface area (Å²) in [7, 11) is 0. The van der Waals surface area contributed by atoms with E-state index in [1.165, 1.54) is 0 Å². The molecule has 0 N–H and O–H groups in total. The second-order valence-electron chi connectivity index (χ2n) is 12.8. The first kappa shape index (κ1) is 18.5. The third-order valence-electron chi connectivity index (χ3n) is 10.0. The van der Waals surface area contributed by atoms with E-state index in [2.05, 4.69) is 0 Å². The molecule has 0 fully saturated rings. The molecule has 1 heteroatoms. The van der Waals surface area contributed by atoms with Crippen molar-refractivity contribution in [3.63, 3.8) is 0 Å². The van der Waals surface area contributed by atoms with Gasteiger partial charge in [0.05, 0.1) is 20.6 Å². The molecular weight excluding hydrogens is 641 g/mol. The Hall–Kier alpha value is -6.96. The zero-order valence-corrected chi connectivity index (χ0v) is 27.7. The highest BCUT2D eigenvalue weighted by atomic mass is 16.3. The van der Waals surface area contributed by atoms with Gasteiger partial charge in [-0.25, -0.2) is 0 Å². The van der Waals surface area contributed by atoms with Crippen LogP contribution in [0.4, 0.5) is 0 Å². The molecule has 1 aromatic heterocycles. The second-order valence-corrected chi connectivity index (χ2v) is 12.8. The predicted octanol–water partition coefficient (Wildman–Crippen LogP) is 14.9. The fourth-order valence-electron chi connectivity index (χ4n) is 7.76.